The van der Waals surface area contributed by atoms with E-state index in [4.69, 9.17) is 6.42 Å². The summed E-state index contributed by atoms with van der Waals surface area (Å²) in [6.45, 7) is 9.55. The predicted molar refractivity (Wildman–Crippen MR) is 123 cm³/mol. The van der Waals surface area contributed by atoms with E-state index in [0.29, 0.717) is 12.0 Å². The second-order valence-electron chi connectivity index (χ2n) is 8.74. The number of benzene rings is 1. The SMILES string of the molecule is C#Cc1c2c3c(cccc3n1CCC)[C@H]1C[C@H](NC(=O)N(CC)CC)CN(C)[C@@H]1C2. The van der Waals surface area contributed by atoms with Gasteiger partial charge < -0.3 is 19.7 Å². The molecule has 1 aliphatic carbocycles. The third-order valence-electron chi connectivity index (χ3n) is 7.08. The maximum Gasteiger partial charge on any atom is 0.317 e. The van der Waals surface area contributed by atoms with Crippen LogP contribution in [0.3, 0.4) is 0 Å². The number of carbonyl (C=O) groups excluding carboxylic acids is 1. The third kappa shape index (κ3) is 3.28. The molecule has 1 N–H and O–H groups in total. The summed E-state index contributed by atoms with van der Waals surface area (Å²) in [7, 11) is 2.19. The van der Waals surface area contributed by atoms with Crippen molar-refractivity contribution in [1.82, 2.24) is 19.7 Å². The molecule has 0 unspecified atom stereocenters. The van der Waals surface area contributed by atoms with Gasteiger partial charge in [0.25, 0.3) is 0 Å². The first-order valence-electron chi connectivity index (χ1n) is 11.4. The first-order valence-corrected chi connectivity index (χ1v) is 11.4. The van der Waals surface area contributed by atoms with E-state index in [0.717, 1.165) is 51.1 Å². The topological polar surface area (TPSA) is 40.5 Å². The van der Waals surface area contributed by atoms with Gasteiger partial charge in [0, 0.05) is 55.1 Å². The Hall–Kier alpha value is -2.45. The van der Waals surface area contributed by atoms with Crippen LogP contribution in [0.2, 0.25) is 0 Å². The first-order chi connectivity index (χ1) is 14.5. The van der Waals surface area contributed by atoms with E-state index in [9.17, 15) is 4.79 Å². The minimum atomic E-state index is 0.0512. The van der Waals surface area contributed by atoms with Crippen molar-refractivity contribution in [2.24, 2.45) is 0 Å². The second kappa shape index (κ2) is 8.35. The second-order valence-corrected chi connectivity index (χ2v) is 8.74. The Morgan fingerprint density at radius 2 is 2.07 bits per heavy atom. The standard InChI is InChI=1S/C25H34N4O/c1-6-13-29-21(7-2)20-15-23-19(18-11-10-12-22(29)24(18)20)14-17(16-27(23)5)26-25(30)28(8-3)9-4/h2,10-12,17,19,23H,6,8-9,13-16H2,1,3-5H3,(H,26,30)/t17-,19+,23+/m0/s1. The quantitative estimate of drug-likeness (QED) is 0.768. The van der Waals surface area contributed by atoms with Crippen molar-refractivity contribution in [2.75, 3.05) is 26.7 Å². The summed E-state index contributed by atoms with van der Waals surface area (Å²) in [4.78, 5) is 16.9. The molecule has 0 saturated carbocycles. The Morgan fingerprint density at radius 3 is 2.73 bits per heavy atom. The van der Waals surface area contributed by atoms with E-state index in [1.165, 1.54) is 22.0 Å². The number of likely N-dealkylation sites (N-methyl/N-ethyl adjacent to an activating group) is 1. The normalized spacial score (nSPS) is 23.1. The van der Waals surface area contributed by atoms with Crippen LogP contribution >= 0.6 is 0 Å². The van der Waals surface area contributed by atoms with Gasteiger partial charge in [0.2, 0.25) is 0 Å². The van der Waals surface area contributed by atoms with E-state index in [1.807, 2.05) is 18.7 Å². The van der Waals surface area contributed by atoms with Crippen molar-refractivity contribution in [3.05, 3.63) is 35.0 Å². The number of nitrogens with one attached hydrogen (secondary N) is 1. The number of aromatic nitrogens is 1. The van der Waals surface area contributed by atoms with Gasteiger partial charge in [-0.15, -0.1) is 6.42 Å². The highest BCUT2D eigenvalue weighted by Gasteiger charge is 2.41. The smallest absolute Gasteiger partial charge is 0.317 e. The predicted octanol–water partition coefficient (Wildman–Crippen LogP) is 3.80. The molecule has 2 heterocycles. The molecule has 5 nitrogen and oxygen atoms in total. The van der Waals surface area contributed by atoms with Crippen molar-refractivity contribution in [2.45, 2.75) is 64.6 Å². The number of nitrogens with zero attached hydrogens (tertiary/aromatic N) is 3. The zero-order chi connectivity index (χ0) is 21.4. The van der Waals surface area contributed by atoms with Gasteiger partial charge in [-0.25, -0.2) is 4.79 Å². The molecule has 1 aromatic heterocycles. The average Bonchev–Trinajstić information content (AvgIpc) is 3.04. The van der Waals surface area contributed by atoms with Crippen LogP contribution in [0.5, 0.6) is 0 Å². The summed E-state index contributed by atoms with van der Waals surface area (Å²) >= 11 is 0. The third-order valence-corrected chi connectivity index (χ3v) is 7.08. The molecule has 1 saturated heterocycles. The lowest BCUT2D eigenvalue weighted by molar-refractivity contribution is 0.124. The molecule has 30 heavy (non-hydrogen) atoms. The van der Waals surface area contributed by atoms with Gasteiger partial charge in [0.15, 0.2) is 0 Å². The molecule has 0 spiro atoms. The first kappa shape index (κ1) is 20.8. The molecule has 5 heteroatoms. The van der Waals surface area contributed by atoms with Crippen LogP contribution in [0.4, 0.5) is 4.79 Å². The number of carbonyl (C=O) groups is 1. The van der Waals surface area contributed by atoms with Crippen LogP contribution in [0.1, 0.15) is 56.4 Å². The number of amides is 2. The minimum absolute atomic E-state index is 0.0512. The van der Waals surface area contributed by atoms with Crippen molar-refractivity contribution >= 4 is 16.9 Å². The Balaban J connectivity index is 1.71. The fourth-order valence-electron chi connectivity index (χ4n) is 5.69. The highest BCUT2D eigenvalue weighted by Crippen LogP contribution is 2.45. The molecule has 2 amide bonds. The summed E-state index contributed by atoms with van der Waals surface area (Å²) in [5, 5.41) is 4.66. The molecule has 1 fully saturated rings. The van der Waals surface area contributed by atoms with E-state index in [-0.39, 0.29) is 12.1 Å². The number of fused-ring (bicyclic) bond motifs is 2. The number of hydrogen-bond acceptors (Lipinski definition) is 2. The number of likely N-dealkylation sites (tertiary alicyclic amines) is 1. The Bertz CT molecular complexity index is 981. The molecule has 4 rings (SSSR count). The number of terminal acetylenes is 1. The summed E-state index contributed by atoms with van der Waals surface area (Å²) in [5.74, 6) is 3.41. The van der Waals surface area contributed by atoms with Crippen molar-refractivity contribution in [3.63, 3.8) is 0 Å². The van der Waals surface area contributed by atoms with Gasteiger partial charge in [-0.1, -0.05) is 25.0 Å². The highest BCUT2D eigenvalue weighted by atomic mass is 16.2. The molecular formula is C25H34N4O. The number of rotatable bonds is 5. The maximum absolute atomic E-state index is 12.7. The molecule has 3 atom stereocenters. The number of aryl methyl sites for hydroxylation is 1. The van der Waals surface area contributed by atoms with Crippen molar-refractivity contribution < 1.29 is 4.79 Å². The van der Waals surface area contributed by atoms with Crippen molar-refractivity contribution in [3.8, 4) is 12.3 Å². The monoisotopic (exact) mass is 406 g/mol. The Morgan fingerprint density at radius 1 is 1.30 bits per heavy atom. The van der Waals surface area contributed by atoms with Gasteiger partial charge in [-0.2, -0.15) is 0 Å². The molecule has 1 aliphatic heterocycles. The van der Waals surface area contributed by atoms with Crippen LogP contribution in [0.15, 0.2) is 18.2 Å². The summed E-state index contributed by atoms with van der Waals surface area (Å²) in [6.07, 6.45) is 9.02. The lowest BCUT2D eigenvalue weighted by atomic mass is 9.73. The van der Waals surface area contributed by atoms with Crippen LogP contribution < -0.4 is 5.32 Å². The van der Waals surface area contributed by atoms with Crippen LogP contribution in [0, 0.1) is 12.3 Å². The molecule has 1 aromatic carbocycles. The van der Waals surface area contributed by atoms with E-state index < -0.39 is 0 Å². The van der Waals surface area contributed by atoms with Gasteiger partial charge >= 0.3 is 6.03 Å². The average molecular weight is 407 g/mol. The van der Waals surface area contributed by atoms with Gasteiger partial charge in [0.1, 0.15) is 0 Å². The van der Waals surface area contributed by atoms with E-state index in [2.05, 4.69) is 52.9 Å². The maximum atomic E-state index is 12.7. The molecular weight excluding hydrogens is 372 g/mol. The highest BCUT2D eigenvalue weighted by molar-refractivity contribution is 5.91. The van der Waals surface area contributed by atoms with Gasteiger partial charge in [-0.05, 0) is 57.4 Å². The zero-order valence-corrected chi connectivity index (χ0v) is 18.7. The van der Waals surface area contributed by atoms with Gasteiger partial charge in [0.05, 0.1) is 5.69 Å². The minimum Gasteiger partial charge on any atom is -0.334 e. The lowest BCUT2D eigenvalue weighted by Crippen LogP contribution is -2.56. The number of urea groups is 1. The van der Waals surface area contributed by atoms with E-state index in [1.54, 1.807) is 0 Å². The van der Waals surface area contributed by atoms with Crippen molar-refractivity contribution in [1.29, 1.82) is 0 Å². The fraction of sp³-hybridized carbons (Fsp3) is 0.560. The molecule has 0 radical (unpaired) electrons. The molecule has 0 bridgehead atoms. The van der Waals surface area contributed by atoms with Crippen LogP contribution in [-0.4, -0.2) is 59.2 Å². The summed E-state index contributed by atoms with van der Waals surface area (Å²) < 4.78 is 2.34. The summed E-state index contributed by atoms with van der Waals surface area (Å²) in [6, 6.07) is 7.30. The number of piperidine rings is 1. The largest absolute Gasteiger partial charge is 0.334 e. The zero-order valence-electron chi connectivity index (χ0n) is 18.7. The fourth-order valence-corrected chi connectivity index (χ4v) is 5.69. The molecule has 2 aromatic rings. The van der Waals surface area contributed by atoms with E-state index >= 15 is 0 Å². The molecule has 2 aliphatic rings. The van der Waals surface area contributed by atoms with Crippen LogP contribution in [-0.2, 0) is 13.0 Å². The summed E-state index contributed by atoms with van der Waals surface area (Å²) in [5.41, 5.74) is 5.07. The van der Waals surface area contributed by atoms with Crippen LogP contribution in [0.25, 0.3) is 10.9 Å². The lowest BCUT2D eigenvalue weighted by Gasteiger charge is -2.46. The Kier molecular flexibility index (Phi) is 5.79. The molecule has 160 valence electrons. The Labute approximate surface area is 180 Å². The van der Waals surface area contributed by atoms with Gasteiger partial charge in [-0.3, -0.25) is 0 Å². The number of hydrogen-bond donors (Lipinski definition) is 1.